The van der Waals surface area contributed by atoms with Crippen molar-refractivity contribution >= 4 is 11.8 Å². The second-order valence-electron chi connectivity index (χ2n) is 4.52. The minimum absolute atomic E-state index is 0.103. The maximum Gasteiger partial charge on any atom is 0.433 e. The molecule has 7 heteroatoms. The van der Waals surface area contributed by atoms with Gasteiger partial charge in [-0.3, -0.25) is 0 Å². The molecule has 0 saturated heterocycles. The number of rotatable bonds is 3. The van der Waals surface area contributed by atoms with Crippen molar-refractivity contribution in [1.82, 2.24) is 4.98 Å². The molecule has 0 spiro atoms. The zero-order valence-corrected chi connectivity index (χ0v) is 10.4. The minimum atomic E-state index is -4.60. The summed E-state index contributed by atoms with van der Waals surface area (Å²) >= 11 is 0. The van der Waals surface area contributed by atoms with Crippen LogP contribution in [0.1, 0.15) is 35.3 Å². The monoisotopic (exact) mass is 286 g/mol. The molecule has 0 aromatic carbocycles. The summed E-state index contributed by atoms with van der Waals surface area (Å²) in [5, 5.41) is 11.8. The number of nitrogens with zero attached hydrogens (tertiary/aromatic N) is 1. The maximum absolute atomic E-state index is 12.6. The molecule has 20 heavy (non-hydrogen) atoms. The molecule has 0 saturated carbocycles. The van der Waals surface area contributed by atoms with Crippen LogP contribution >= 0.6 is 0 Å². The smallest absolute Gasteiger partial charge is 0.433 e. The third kappa shape index (κ3) is 3.28. The summed E-state index contributed by atoms with van der Waals surface area (Å²) in [6, 6.07) is 1.50. The van der Waals surface area contributed by atoms with E-state index in [9.17, 15) is 18.0 Å². The average molecular weight is 286 g/mol. The number of carboxylic acids is 1. The largest absolute Gasteiger partial charge is 0.478 e. The van der Waals surface area contributed by atoms with E-state index in [1.807, 2.05) is 12.2 Å². The fourth-order valence-corrected chi connectivity index (χ4v) is 2.02. The summed E-state index contributed by atoms with van der Waals surface area (Å²) in [6.07, 6.45) is 1.47. The highest BCUT2D eigenvalue weighted by Crippen LogP contribution is 2.30. The van der Waals surface area contributed by atoms with Gasteiger partial charge in [-0.15, -0.1) is 0 Å². The number of allylic oxidation sites excluding steroid dienone is 1. The molecule has 2 N–H and O–H groups in total. The number of aromatic nitrogens is 1. The second-order valence-corrected chi connectivity index (χ2v) is 4.52. The van der Waals surface area contributed by atoms with Crippen LogP contribution in [-0.2, 0) is 6.18 Å². The van der Waals surface area contributed by atoms with Crippen LogP contribution in [0.5, 0.6) is 0 Å². The first-order valence-electron chi connectivity index (χ1n) is 6.11. The number of pyridine rings is 1. The van der Waals surface area contributed by atoms with E-state index in [-0.39, 0.29) is 17.4 Å². The molecule has 1 aromatic rings. The first-order valence-corrected chi connectivity index (χ1v) is 6.11. The van der Waals surface area contributed by atoms with Crippen LogP contribution in [0.15, 0.2) is 24.3 Å². The van der Waals surface area contributed by atoms with Gasteiger partial charge >= 0.3 is 12.1 Å². The lowest BCUT2D eigenvalue weighted by molar-refractivity contribution is -0.141. The van der Waals surface area contributed by atoms with E-state index >= 15 is 0 Å². The Bertz CT molecular complexity index is 541. The molecular formula is C13H13F3N2O2. The number of aromatic carboxylic acids is 1. The first kappa shape index (κ1) is 14.4. The van der Waals surface area contributed by atoms with E-state index in [4.69, 9.17) is 5.11 Å². The van der Waals surface area contributed by atoms with Crippen molar-refractivity contribution in [3.05, 3.63) is 35.5 Å². The van der Waals surface area contributed by atoms with Crippen LogP contribution in [0, 0.1) is 0 Å². The number of nitrogens with one attached hydrogen (secondary N) is 1. The van der Waals surface area contributed by atoms with E-state index in [1.165, 1.54) is 0 Å². The molecular weight excluding hydrogens is 273 g/mol. The zero-order chi connectivity index (χ0) is 14.8. The van der Waals surface area contributed by atoms with Gasteiger partial charge in [-0.05, 0) is 31.4 Å². The van der Waals surface area contributed by atoms with Crippen LogP contribution < -0.4 is 5.32 Å². The number of carbonyl (C=O) groups is 1. The number of halogens is 3. The van der Waals surface area contributed by atoms with Crippen molar-refractivity contribution in [2.75, 3.05) is 5.32 Å². The van der Waals surface area contributed by atoms with Gasteiger partial charge in [-0.2, -0.15) is 13.2 Å². The Morgan fingerprint density at radius 3 is 2.65 bits per heavy atom. The Morgan fingerprint density at radius 1 is 1.35 bits per heavy atom. The third-order valence-electron chi connectivity index (χ3n) is 3.03. The van der Waals surface area contributed by atoms with E-state index in [1.54, 1.807) is 0 Å². The van der Waals surface area contributed by atoms with Crippen molar-refractivity contribution in [3.63, 3.8) is 0 Å². The highest BCUT2D eigenvalue weighted by atomic mass is 19.4. The minimum Gasteiger partial charge on any atom is -0.478 e. The van der Waals surface area contributed by atoms with Gasteiger partial charge in [0.2, 0.25) is 0 Å². The summed E-state index contributed by atoms with van der Waals surface area (Å²) in [5.41, 5.74) is -1.36. The molecule has 0 bridgehead atoms. The van der Waals surface area contributed by atoms with Crippen molar-refractivity contribution < 1.29 is 23.1 Å². The Morgan fingerprint density at radius 2 is 2.10 bits per heavy atom. The molecule has 108 valence electrons. The molecule has 1 aliphatic carbocycles. The molecule has 1 atom stereocenters. The zero-order valence-electron chi connectivity index (χ0n) is 10.4. The number of hydrogen-bond acceptors (Lipinski definition) is 3. The number of alkyl halides is 3. The summed E-state index contributed by atoms with van der Waals surface area (Å²) in [7, 11) is 0. The molecule has 0 radical (unpaired) electrons. The van der Waals surface area contributed by atoms with E-state index < -0.39 is 17.8 Å². The fourth-order valence-electron chi connectivity index (χ4n) is 2.02. The second kappa shape index (κ2) is 5.52. The van der Waals surface area contributed by atoms with Crippen molar-refractivity contribution in [1.29, 1.82) is 0 Å². The van der Waals surface area contributed by atoms with Gasteiger partial charge in [-0.25, -0.2) is 9.78 Å². The van der Waals surface area contributed by atoms with Crippen LogP contribution in [0.3, 0.4) is 0 Å². The summed E-state index contributed by atoms with van der Waals surface area (Å²) < 4.78 is 37.9. The van der Waals surface area contributed by atoms with Gasteiger partial charge in [0, 0.05) is 6.04 Å². The lowest BCUT2D eigenvalue weighted by atomic mass is 10.0. The predicted molar refractivity (Wildman–Crippen MR) is 66.6 cm³/mol. The van der Waals surface area contributed by atoms with Crippen molar-refractivity contribution in [2.45, 2.75) is 31.5 Å². The molecule has 0 amide bonds. The summed E-state index contributed by atoms with van der Waals surface area (Å²) in [5.74, 6) is -1.53. The van der Waals surface area contributed by atoms with Crippen molar-refractivity contribution in [3.8, 4) is 0 Å². The predicted octanol–water partition coefficient (Wildman–Crippen LogP) is 3.32. The number of carboxylic acid groups (broad SMARTS) is 1. The van der Waals surface area contributed by atoms with Crippen LogP contribution in [-0.4, -0.2) is 22.1 Å². The van der Waals surface area contributed by atoms with Gasteiger partial charge in [0.25, 0.3) is 0 Å². The number of hydrogen-bond donors (Lipinski definition) is 2. The van der Waals surface area contributed by atoms with E-state index in [2.05, 4.69) is 10.3 Å². The molecule has 0 aliphatic heterocycles. The molecule has 1 aliphatic rings. The van der Waals surface area contributed by atoms with Gasteiger partial charge < -0.3 is 10.4 Å². The van der Waals surface area contributed by atoms with E-state index in [0.29, 0.717) is 12.5 Å². The lowest BCUT2D eigenvalue weighted by Gasteiger charge is -2.21. The Balaban J connectivity index is 2.31. The van der Waals surface area contributed by atoms with Gasteiger partial charge in [-0.1, -0.05) is 12.2 Å². The third-order valence-corrected chi connectivity index (χ3v) is 3.03. The highest BCUT2D eigenvalue weighted by molar-refractivity contribution is 5.93. The van der Waals surface area contributed by atoms with Gasteiger partial charge in [0.1, 0.15) is 17.1 Å². The average Bonchev–Trinajstić information content (AvgIpc) is 2.38. The molecule has 1 aromatic heterocycles. The summed E-state index contributed by atoms with van der Waals surface area (Å²) in [6.45, 7) is 0. The normalized spacial score (nSPS) is 18.9. The molecule has 1 unspecified atom stereocenters. The Hall–Kier alpha value is -2.05. The van der Waals surface area contributed by atoms with E-state index in [0.717, 1.165) is 18.9 Å². The standard InChI is InChI=1S/C13H13F3N2O2/c14-13(15,16)10-7-6-9(12(19)20)11(18-10)17-8-4-2-1-3-5-8/h1-2,6-8H,3-5H2,(H,17,18)(H,19,20). The highest BCUT2D eigenvalue weighted by Gasteiger charge is 2.33. The van der Waals surface area contributed by atoms with Crippen molar-refractivity contribution in [2.24, 2.45) is 0 Å². The van der Waals surface area contributed by atoms with Crippen LogP contribution in [0.2, 0.25) is 0 Å². The number of anilines is 1. The Labute approximate surface area is 113 Å². The lowest BCUT2D eigenvalue weighted by Crippen LogP contribution is -2.23. The van der Waals surface area contributed by atoms with Gasteiger partial charge in [0.15, 0.2) is 0 Å². The van der Waals surface area contributed by atoms with Crippen LogP contribution in [0.4, 0.5) is 19.0 Å². The van der Waals surface area contributed by atoms with Crippen LogP contribution in [0.25, 0.3) is 0 Å². The molecule has 1 heterocycles. The quantitative estimate of drug-likeness (QED) is 0.837. The topological polar surface area (TPSA) is 62.2 Å². The molecule has 0 fully saturated rings. The fraction of sp³-hybridized carbons (Fsp3) is 0.385. The molecule has 4 nitrogen and oxygen atoms in total. The molecule has 2 rings (SSSR count). The summed E-state index contributed by atoms with van der Waals surface area (Å²) in [4.78, 5) is 14.5. The Kier molecular flexibility index (Phi) is 3.96. The van der Waals surface area contributed by atoms with Gasteiger partial charge in [0.05, 0.1) is 0 Å². The SMILES string of the molecule is O=C(O)c1ccc(C(F)(F)F)nc1NC1CC=CCC1. The maximum atomic E-state index is 12.6. The first-order chi connectivity index (χ1) is 9.38.